The predicted octanol–water partition coefficient (Wildman–Crippen LogP) is 3.03. The lowest BCUT2D eigenvalue weighted by Gasteiger charge is -2.08. The minimum Gasteiger partial charge on any atom is -0.504 e. The van der Waals surface area contributed by atoms with Crippen molar-refractivity contribution in [1.82, 2.24) is 4.83 Å². The van der Waals surface area contributed by atoms with Crippen LogP contribution in [0.5, 0.6) is 11.5 Å². The highest BCUT2D eigenvalue weighted by Gasteiger charge is 2.21. The fourth-order valence-corrected chi connectivity index (χ4v) is 3.90. The third-order valence-electron chi connectivity index (χ3n) is 2.80. The van der Waals surface area contributed by atoms with Crippen molar-refractivity contribution in [3.63, 3.8) is 0 Å². The van der Waals surface area contributed by atoms with E-state index >= 15 is 0 Å². The van der Waals surface area contributed by atoms with Crippen molar-refractivity contribution in [2.75, 3.05) is 0 Å². The Hall–Kier alpha value is -1.96. The number of hydrogen-bond acceptors (Lipinski definition) is 5. The number of hydrogen-bond donors (Lipinski definition) is 3. The van der Waals surface area contributed by atoms with Crippen LogP contribution in [0.2, 0.25) is 10.0 Å². The monoisotopic (exact) mass is 374 g/mol. The first kappa shape index (κ1) is 17.4. The summed E-state index contributed by atoms with van der Waals surface area (Å²) in [5.41, 5.74) is 1.10. The zero-order chi connectivity index (χ0) is 17.2. The summed E-state index contributed by atoms with van der Waals surface area (Å²) >= 11 is 11.9. The predicted molar refractivity (Wildman–Crippen MR) is 88.9 cm³/mol. The number of rotatable bonds is 4. The molecule has 6 nitrogen and oxygen atoms in total. The molecule has 0 heterocycles. The summed E-state index contributed by atoms with van der Waals surface area (Å²) < 4.78 is 24.4. The number of phenols is 2. The van der Waals surface area contributed by atoms with E-state index in [9.17, 15) is 18.6 Å². The van der Waals surface area contributed by atoms with E-state index in [1.54, 1.807) is 6.92 Å². The number of aromatic hydroxyl groups is 2. The first-order chi connectivity index (χ1) is 10.7. The van der Waals surface area contributed by atoms with E-state index in [1.807, 2.05) is 4.83 Å². The normalized spacial score (nSPS) is 11.8. The first-order valence-corrected chi connectivity index (χ1v) is 8.47. The average Bonchev–Trinajstić information content (AvgIpc) is 2.41. The molecule has 0 aliphatic heterocycles. The molecule has 2 aromatic carbocycles. The van der Waals surface area contributed by atoms with Crippen molar-refractivity contribution in [3.8, 4) is 11.5 Å². The minimum atomic E-state index is -4.05. The van der Waals surface area contributed by atoms with E-state index in [-0.39, 0.29) is 26.4 Å². The first-order valence-electron chi connectivity index (χ1n) is 6.23. The Morgan fingerprint density at radius 3 is 2.26 bits per heavy atom. The second kappa shape index (κ2) is 6.66. The van der Waals surface area contributed by atoms with Crippen molar-refractivity contribution < 1.29 is 18.6 Å². The highest BCUT2D eigenvalue weighted by molar-refractivity contribution is 7.89. The van der Waals surface area contributed by atoms with Crippen molar-refractivity contribution in [2.45, 2.75) is 11.8 Å². The molecule has 0 aliphatic rings. The molecule has 0 amide bonds. The molecule has 0 saturated carbocycles. The zero-order valence-corrected chi connectivity index (χ0v) is 14.1. The van der Waals surface area contributed by atoms with Gasteiger partial charge in [-0.2, -0.15) is 18.4 Å². The third kappa shape index (κ3) is 4.07. The molecule has 9 heteroatoms. The van der Waals surface area contributed by atoms with Crippen molar-refractivity contribution >= 4 is 39.4 Å². The molecule has 0 unspecified atom stereocenters. The highest BCUT2D eigenvalue weighted by atomic mass is 35.5. The smallest absolute Gasteiger partial charge is 0.279 e. The SMILES string of the molecule is Cc1cc(Cl)c(S(=O)(=O)N/N=C\c2ccc(O)c(O)c2)c(Cl)c1. The maximum Gasteiger partial charge on any atom is 0.279 e. The lowest BCUT2D eigenvalue weighted by Crippen LogP contribution is -2.19. The molecule has 0 atom stereocenters. The van der Waals surface area contributed by atoms with Gasteiger partial charge in [0.2, 0.25) is 0 Å². The van der Waals surface area contributed by atoms with E-state index in [0.29, 0.717) is 5.56 Å². The van der Waals surface area contributed by atoms with Gasteiger partial charge in [0, 0.05) is 0 Å². The highest BCUT2D eigenvalue weighted by Crippen LogP contribution is 2.30. The Bertz CT molecular complexity index is 859. The van der Waals surface area contributed by atoms with Crippen LogP contribution in [0.15, 0.2) is 40.3 Å². The van der Waals surface area contributed by atoms with E-state index in [0.717, 1.165) is 11.8 Å². The van der Waals surface area contributed by atoms with Crippen LogP contribution < -0.4 is 4.83 Å². The van der Waals surface area contributed by atoms with Gasteiger partial charge in [-0.05, 0) is 48.4 Å². The van der Waals surface area contributed by atoms with Crippen LogP contribution in [-0.2, 0) is 10.0 Å². The molecule has 23 heavy (non-hydrogen) atoms. The van der Waals surface area contributed by atoms with E-state index < -0.39 is 10.0 Å². The number of nitrogens with one attached hydrogen (secondary N) is 1. The largest absolute Gasteiger partial charge is 0.504 e. The average molecular weight is 375 g/mol. The van der Waals surface area contributed by atoms with Gasteiger partial charge in [0.15, 0.2) is 11.5 Å². The third-order valence-corrected chi connectivity index (χ3v) is 4.94. The van der Waals surface area contributed by atoms with Crippen LogP contribution in [0.4, 0.5) is 0 Å². The van der Waals surface area contributed by atoms with Gasteiger partial charge >= 0.3 is 0 Å². The number of nitrogens with zero attached hydrogens (tertiary/aromatic N) is 1. The maximum atomic E-state index is 12.2. The van der Waals surface area contributed by atoms with Crippen LogP contribution >= 0.6 is 23.2 Å². The minimum absolute atomic E-state index is 0.0139. The summed E-state index contributed by atoms with van der Waals surface area (Å²) in [6.45, 7) is 1.73. The molecule has 0 radical (unpaired) electrons. The molecule has 0 aromatic heterocycles. The summed E-state index contributed by atoms with van der Waals surface area (Å²) in [6, 6.07) is 6.87. The molecule has 0 fully saturated rings. The van der Waals surface area contributed by atoms with Gasteiger partial charge in [-0.25, -0.2) is 0 Å². The summed E-state index contributed by atoms with van der Waals surface area (Å²) in [5.74, 6) is -0.637. The number of hydrazone groups is 1. The summed E-state index contributed by atoms with van der Waals surface area (Å²) in [6.07, 6.45) is 1.16. The summed E-state index contributed by atoms with van der Waals surface area (Å²) in [7, 11) is -4.05. The summed E-state index contributed by atoms with van der Waals surface area (Å²) in [4.78, 5) is 1.72. The second-order valence-electron chi connectivity index (χ2n) is 4.66. The quantitative estimate of drug-likeness (QED) is 0.435. The van der Waals surface area contributed by atoms with Crippen LogP contribution in [-0.4, -0.2) is 24.8 Å². The van der Waals surface area contributed by atoms with Gasteiger partial charge in [-0.3, -0.25) is 0 Å². The molecule has 2 rings (SSSR count). The number of phenolic OH excluding ortho intramolecular Hbond substituents is 2. The Morgan fingerprint density at radius 1 is 1.09 bits per heavy atom. The van der Waals surface area contributed by atoms with Crippen LogP contribution in [0, 0.1) is 6.92 Å². The lowest BCUT2D eigenvalue weighted by atomic mass is 10.2. The fourth-order valence-electron chi connectivity index (χ4n) is 1.78. The van der Waals surface area contributed by atoms with Gasteiger partial charge in [0.05, 0.1) is 16.3 Å². The number of sulfonamides is 1. The Labute approximate surface area is 143 Å². The van der Waals surface area contributed by atoms with Gasteiger partial charge in [-0.1, -0.05) is 23.2 Å². The molecule has 2 aromatic rings. The van der Waals surface area contributed by atoms with E-state index in [4.69, 9.17) is 23.2 Å². The zero-order valence-electron chi connectivity index (χ0n) is 11.8. The second-order valence-corrected chi connectivity index (χ2v) is 7.07. The van der Waals surface area contributed by atoms with Crippen LogP contribution in [0.3, 0.4) is 0 Å². The summed E-state index contributed by atoms with van der Waals surface area (Å²) in [5, 5.41) is 22.1. The van der Waals surface area contributed by atoms with Crippen molar-refractivity contribution in [2.24, 2.45) is 5.10 Å². The van der Waals surface area contributed by atoms with Gasteiger partial charge in [0.25, 0.3) is 10.0 Å². The Balaban J connectivity index is 2.25. The number of halogens is 2. The Kier molecular flexibility index (Phi) is 5.03. The number of benzene rings is 2. The van der Waals surface area contributed by atoms with Crippen molar-refractivity contribution in [1.29, 1.82) is 0 Å². The van der Waals surface area contributed by atoms with Gasteiger partial charge in [0.1, 0.15) is 4.90 Å². The maximum absolute atomic E-state index is 12.2. The molecule has 0 bridgehead atoms. The molecule has 122 valence electrons. The Morgan fingerprint density at radius 2 is 1.70 bits per heavy atom. The fraction of sp³-hybridized carbons (Fsp3) is 0.0714. The molecule has 0 aliphatic carbocycles. The van der Waals surface area contributed by atoms with Crippen LogP contribution in [0.25, 0.3) is 0 Å². The number of aryl methyl sites for hydroxylation is 1. The van der Waals surface area contributed by atoms with Crippen molar-refractivity contribution in [3.05, 3.63) is 51.5 Å². The van der Waals surface area contributed by atoms with Gasteiger partial charge < -0.3 is 10.2 Å². The molecule has 0 spiro atoms. The lowest BCUT2D eigenvalue weighted by molar-refractivity contribution is 0.403. The van der Waals surface area contributed by atoms with Crippen LogP contribution in [0.1, 0.15) is 11.1 Å². The van der Waals surface area contributed by atoms with E-state index in [2.05, 4.69) is 5.10 Å². The van der Waals surface area contributed by atoms with Gasteiger partial charge in [-0.15, -0.1) is 0 Å². The molecule has 3 N–H and O–H groups in total. The molecule has 0 saturated heterocycles. The standard InChI is InChI=1S/C14H12Cl2N2O4S/c1-8-4-10(15)14(11(16)5-8)23(21,22)18-17-7-9-2-3-12(19)13(20)6-9/h2-7,18-20H,1H3/b17-7-. The molecular weight excluding hydrogens is 363 g/mol. The topological polar surface area (TPSA) is 99.0 Å². The molecular formula is C14H12Cl2N2O4S. The van der Waals surface area contributed by atoms with E-state index in [1.165, 1.54) is 30.3 Å².